The maximum absolute atomic E-state index is 12.3. The first-order valence-corrected chi connectivity index (χ1v) is 12.1. The molecular formula is C25H28IN3O4. The molecule has 1 aliphatic rings. The van der Waals surface area contributed by atoms with Crippen LogP contribution >= 0.6 is 22.6 Å². The van der Waals surface area contributed by atoms with Crippen LogP contribution in [0.3, 0.4) is 0 Å². The molecule has 0 unspecified atom stereocenters. The molecule has 2 aromatic heterocycles. The Balaban J connectivity index is 1.49. The summed E-state index contributed by atoms with van der Waals surface area (Å²) in [6.45, 7) is 11.6. The molecule has 0 amide bonds. The van der Waals surface area contributed by atoms with Crippen molar-refractivity contribution in [2.45, 2.75) is 65.6 Å². The first-order chi connectivity index (χ1) is 15.5. The average Bonchev–Trinajstić information content (AvgIpc) is 3.38. The number of aromatic nitrogens is 3. The van der Waals surface area contributed by atoms with Gasteiger partial charge in [0, 0.05) is 11.8 Å². The van der Waals surface area contributed by atoms with Crippen molar-refractivity contribution in [2.75, 3.05) is 0 Å². The van der Waals surface area contributed by atoms with Crippen LogP contribution in [0.1, 0.15) is 58.1 Å². The summed E-state index contributed by atoms with van der Waals surface area (Å²) in [4.78, 5) is 21.3. The van der Waals surface area contributed by atoms with Gasteiger partial charge < -0.3 is 14.0 Å². The minimum absolute atomic E-state index is 0.0490. The van der Waals surface area contributed by atoms with Crippen LogP contribution in [-0.4, -0.2) is 32.8 Å². The number of benzene rings is 1. The van der Waals surface area contributed by atoms with Crippen LogP contribution in [0.2, 0.25) is 0 Å². The van der Waals surface area contributed by atoms with Crippen molar-refractivity contribution in [3.63, 3.8) is 0 Å². The highest BCUT2D eigenvalue weighted by Gasteiger charge is 2.46. The van der Waals surface area contributed by atoms with Crippen LogP contribution in [-0.2, 0) is 9.53 Å². The maximum Gasteiger partial charge on any atom is 0.310 e. The summed E-state index contributed by atoms with van der Waals surface area (Å²) in [5.74, 6) is 1.53. The van der Waals surface area contributed by atoms with Gasteiger partial charge in [-0.1, -0.05) is 23.4 Å². The fraction of sp³-hybridized carbons (Fsp3) is 0.440. The number of ether oxygens (including phenoxy) is 2. The number of esters is 1. The van der Waals surface area contributed by atoms with Gasteiger partial charge in [-0.2, -0.15) is 4.98 Å². The van der Waals surface area contributed by atoms with Crippen molar-refractivity contribution < 1.29 is 18.8 Å². The van der Waals surface area contributed by atoms with E-state index >= 15 is 0 Å². The number of aryl methyl sites for hydroxylation is 1. The topological polar surface area (TPSA) is 87.3 Å². The second-order valence-corrected chi connectivity index (χ2v) is 10.8. The molecule has 4 rings (SSSR count). The third-order valence-electron chi connectivity index (χ3n) is 5.25. The fourth-order valence-electron chi connectivity index (χ4n) is 3.67. The lowest BCUT2D eigenvalue weighted by molar-refractivity contribution is -0.156. The number of halogens is 1. The number of rotatable bonds is 6. The van der Waals surface area contributed by atoms with Crippen LogP contribution in [0.4, 0.5) is 0 Å². The third kappa shape index (κ3) is 5.54. The fourth-order valence-corrected chi connectivity index (χ4v) is 4.27. The highest BCUT2D eigenvalue weighted by Crippen LogP contribution is 2.49. The summed E-state index contributed by atoms with van der Waals surface area (Å²) in [7, 11) is 0. The normalized spacial score (nSPS) is 17.8. The predicted octanol–water partition coefficient (Wildman–Crippen LogP) is 5.94. The zero-order chi connectivity index (χ0) is 23.9. The first-order valence-electron chi connectivity index (χ1n) is 11.0. The van der Waals surface area contributed by atoms with E-state index in [1.165, 1.54) is 0 Å². The minimum Gasteiger partial charge on any atom is -0.474 e. The zero-order valence-electron chi connectivity index (χ0n) is 19.7. The van der Waals surface area contributed by atoms with E-state index in [9.17, 15) is 4.79 Å². The SMILES string of the molecule is Cc1cc([C@H]2C[C@@H]2C(=O)OC(C)(C)C)ccc1-c1noc(-c2cnc(OC(C)C)c(I)c2)n1. The molecule has 3 aromatic rings. The summed E-state index contributed by atoms with van der Waals surface area (Å²) in [5, 5.41) is 4.18. The van der Waals surface area contributed by atoms with Crippen molar-refractivity contribution in [1.82, 2.24) is 15.1 Å². The Labute approximate surface area is 207 Å². The summed E-state index contributed by atoms with van der Waals surface area (Å²) in [6, 6.07) is 8.05. The largest absolute Gasteiger partial charge is 0.474 e. The number of carbonyl (C=O) groups excluding carboxylic acids is 1. The van der Waals surface area contributed by atoms with Gasteiger partial charge in [-0.05, 0) is 93.7 Å². The smallest absolute Gasteiger partial charge is 0.310 e. The summed E-state index contributed by atoms with van der Waals surface area (Å²) in [6.07, 6.45) is 2.55. The van der Waals surface area contributed by atoms with Crippen molar-refractivity contribution in [3.8, 4) is 28.7 Å². The van der Waals surface area contributed by atoms with Gasteiger partial charge in [0.15, 0.2) is 0 Å². The van der Waals surface area contributed by atoms with Crippen molar-refractivity contribution >= 4 is 28.6 Å². The van der Waals surface area contributed by atoms with Crippen LogP contribution in [0.5, 0.6) is 5.88 Å². The van der Waals surface area contributed by atoms with Gasteiger partial charge in [-0.15, -0.1) is 0 Å². The molecule has 7 nitrogen and oxygen atoms in total. The van der Waals surface area contributed by atoms with Gasteiger partial charge in [-0.25, -0.2) is 4.98 Å². The Hall–Kier alpha value is -2.49. The van der Waals surface area contributed by atoms with Crippen LogP contribution in [0.25, 0.3) is 22.8 Å². The van der Waals surface area contributed by atoms with E-state index in [4.69, 9.17) is 14.0 Å². The van der Waals surface area contributed by atoms with Gasteiger partial charge in [0.25, 0.3) is 5.89 Å². The van der Waals surface area contributed by atoms with E-state index in [0.717, 1.165) is 32.2 Å². The van der Waals surface area contributed by atoms with E-state index in [2.05, 4.69) is 43.8 Å². The number of nitrogens with zero attached hydrogens (tertiary/aromatic N) is 3. The standard InChI is InChI=1S/C25H28IN3O4/c1-13(2)31-23-20(26)10-16(12-27-23)22-28-21(29-33-22)17-8-7-15(9-14(17)3)18-11-19(18)24(30)32-25(4,5)6/h7-10,12-13,18-19H,11H2,1-6H3/t18-,19+/m1/s1. The molecule has 2 atom stereocenters. The molecule has 8 heteroatoms. The van der Waals surface area contributed by atoms with E-state index in [1.807, 2.05) is 59.7 Å². The molecule has 0 aliphatic heterocycles. The monoisotopic (exact) mass is 561 g/mol. The van der Waals surface area contributed by atoms with Crippen LogP contribution in [0.15, 0.2) is 35.0 Å². The van der Waals surface area contributed by atoms with Gasteiger partial charge in [-0.3, -0.25) is 4.79 Å². The molecule has 1 aliphatic carbocycles. The molecule has 33 heavy (non-hydrogen) atoms. The van der Waals surface area contributed by atoms with E-state index in [1.54, 1.807) is 6.20 Å². The van der Waals surface area contributed by atoms with Gasteiger partial charge >= 0.3 is 5.97 Å². The third-order valence-corrected chi connectivity index (χ3v) is 6.02. The molecule has 1 aromatic carbocycles. The van der Waals surface area contributed by atoms with E-state index in [-0.39, 0.29) is 23.9 Å². The van der Waals surface area contributed by atoms with E-state index in [0.29, 0.717) is 17.6 Å². The van der Waals surface area contributed by atoms with Gasteiger partial charge in [0.2, 0.25) is 11.7 Å². The molecule has 1 saturated carbocycles. The molecule has 0 radical (unpaired) electrons. The maximum atomic E-state index is 12.3. The highest BCUT2D eigenvalue weighted by atomic mass is 127. The molecule has 0 saturated heterocycles. The number of pyridine rings is 1. The quantitative estimate of drug-likeness (QED) is 0.272. The second kappa shape index (κ2) is 9.04. The lowest BCUT2D eigenvalue weighted by Crippen LogP contribution is -2.25. The number of carbonyl (C=O) groups is 1. The number of hydrogen-bond donors (Lipinski definition) is 0. The van der Waals surface area contributed by atoms with Crippen LogP contribution < -0.4 is 4.74 Å². The molecule has 0 spiro atoms. The molecular weight excluding hydrogens is 533 g/mol. The Morgan fingerprint density at radius 3 is 2.64 bits per heavy atom. The number of hydrogen-bond acceptors (Lipinski definition) is 7. The predicted molar refractivity (Wildman–Crippen MR) is 133 cm³/mol. The van der Waals surface area contributed by atoms with Crippen molar-refractivity contribution in [1.29, 1.82) is 0 Å². The zero-order valence-corrected chi connectivity index (χ0v) is 21.8. The minimum atomic E-state index is -0.463. The van der Waals surface area contributed by atoms with Gasteiger partial charge in [0.05, 0.1) is 21.2 Å². The first kappa shape index (κ1) is 23.7. The molecule has 2 heterocycles. The second-order valence-electron chi connectivity index (χ2n) is 9.66. The Morgan fingerprint density at radius 1 is 1.24 bits per heavy atom. The van der Waals surface area contributed by atoms with Crippen LogP contribution in [0, 0.1) is 16.4 Å². The molecule has 174 valence electrons. The van der Waals surface area contributed by atoms with Crippen molar-refractivity contribution in [2.24, 2.45) is 5.92 Å². The lowest BCUT2D eigenvalue weighted by atomic mass is 10.0. The Kier molecular flexibility index (Phi) is 6.48. The Morgan fingerprint density at radius 2 is 2.00 bits per heavy atom. The molecule has 0 N–H and O–H groups in total. The van der Waals surface area contributed by atoms with Gasteiger partial charge in [0.1, 0.15) is 5.60 Å². The summed E-state index contributed by atoms with van der Waals surface area (Å²) >= 11 is 2.19. The molecule has 0 bridgehead atoms. The van der Waals surface area contributed by atoms with Crippen molar-refractivity contribution in [3.05, 3.63) is 45.2 Å². The Bertz CT molecular complexity index is 1180. The molecule has 1 fully saturated rings. The lowest BCUT2D eigenvalue weighted by Gasteiger charge is -2.19. The average molecular weight is 561 g/mol. The van der Waals surface area contributed by atoms with E-state index < -0.39 is 5.60 Å². The summed E-state index contributed by atoms with van der Waals surface area (Å²) in [5.41, 5.74) is 3.33. The summed E-state index contributed by atoms with van der Waals surface area (Å²) < 4.78 is 17.6. The highest BCUT2D eigenvalue weighted by molar-refractivity contribution is 14.1.